The zero-order valence-corrected chi connectivity index (χ0v) is 5.79. The van der Waals surface area contributed by atoms with Crippen LogP contribution in [-0.2, 0) is 0 Å². The molecule has 0 unspecified atom stereocenters. The summed E-state index contributed by atoms with van der Waals surface area (Å²) in [5, 5.41) is 0. The molecule has 0 atom stereocenters. The summed E-state index contributed by atoms with van der Waals surface area (Å²) in [6.07, 6.45) is 0. The Morgan fingerprint density at radius 1 is 1.50 bits per heavy atom. The molecule has 0 fully saturated rings. The summed E-state index contributed by atoms with van der Waals surface area (Å²) in [6.45, 7) is 0. The average Bonchev–Trinajstić information content (AvgIpc) is 1.88. The monoisotopic (exact) mass is 138 g/mol. The second-order valence-electron chi connectivity index (χ2n) is 1.88. The van der Waals surface area contributed by atoms with E-state index in [0.717, 1.165) is 5.75 Å². The minimum Gasteiger partial charge on any atom is -0.409 e. The molecule has 54 valence electrons. The molecule has 3 heteroatoms. The molecule has 0 amide bonds. The maximum atomic E-state index is 5.48. The van der Waals surface area contributed by atoms with E-state index in [1.54, 1.807) is 13.1 Å². The summed E-state index contributed by atoms with van der Waals surface area (Å²) in [7, 11) is 1.70. The van der Waals surface area contributed by atoms with E-state index in [2.05, 4.69) is 5.48 Å². The van der Waals surface area contributed by atoms with Crippen LogP contribution in [0.2, 0.25) is 0 Å². The first-order chi connectivity index (χ1) is 4.83. The Balaban J connectivity index is 2.75. The minimum atomic E-state index is 0.702. The van der Waals surface area contributed by atoms with E-state index in [4.69, 9.17) is 10.6 Å². The number of nitrogen functional groups attached to an aromatic ring is 1. The van der Waals surface area contributed by atoms with Crippen LogP contribution in [0.5, 0.6) is 5.75 Å². The van der Waals surface area contributed by atoms with Crippen molar-refractivity contribution in [2.24, 2.45) is 0 Å². The molecule has 10 heavy (non-hydrogen) atoms. The van der Waals surface area contributed by atoms with E-state index in [9.17, 15) is 0 Å². The van der Waals surface area contributed by atoms with Gasteiger partial charge in [0.1, 0.15) is 5.75 Å². The lowest BCUT2D eigenvalue weighted by Gasteiger charge is -2.01. The van der Waals surface area contributed by atoms with Gasteiger partial charge in [-0.3, -0.25) is 0 Å². The van der Waals surface area contributed by atoms with Gasteiger partial charge in [0.05, 0.1) is 0 Å². The molecule has 0 bridgehead atoms. The van der Waals surface area contributed by atoms with Gasteiger partial charge in [-0.15, -0.1) is 0 Å². The Morgan fingerprint density at radius 2 is 2.30 bits per heavy atom. The van der Waals surface area contributed by atoms with Gasteiger partial charge in [-0.05, 0) is 12.1 Å². The minimum absolute atomic E-state index is 0.702. The first-order valence-electron chi connectivity index (χ1n) is 3.02. The Labute approximate surface area is 59.8 Å². The van der Waals surface area contributed by atoms with Gasteiger partial charge in [0.15, 0.2) is 0 Å². The topological polar surface area (TPSA) is 47.3 Å². The highest BCUT2D eigenvalue weighted by Gasteiger charge is 1.89. The second kappa shape index (κ2) is 3.08. The molecule has 0 aromatic heterocycles. The number of nitrogens with one attached hydrogen (secondary N) is 1. The zero-order chi connectivity index (χ0) is 7.40. The van der Waals surface area contributed by atoms with Crippen LogP contribution in [0, 0.1) is 0 Å². The van der Waals surface area contributed by atoms with Crippen LogP contribution in [0.15, 0.2) is 24.3 Å². The molecule has 0 heterocycles. The Bertz CT molecular complexity index is 213. The lowest BCUT2D eigenvalue weighted by atomic mass is 10.3. The molecule has 1 aromatic carbocycles. The third kappa shape index (κ3) is 1.63. The Hall–Kier alpha value is -1.22. The van der Waals surface area contributed by atoms with Gasteiger partial charge in [0.25, 0.3) is 0 Å². The fourth-order valence-corrected chi connectivity index (χ4v) is 0.696. The molecule has 1 aromatic rings. The molecule has 0 saturated carbocycles. The number of hydroxylamine groups is 1. The molecule has 0 aliphatic heterocycles. The van der Waals surface area contributed by atoms with Gasteiger partial charge in [0, 0.05) is 18.8 Å². The molecule has 1 rings (SSSR count). The number of hydrogen-bond donors (Lipinski definition) is 2. The third-order valence-electron chi connectivity index (χ3n) is 1.08. The van der Waals surface area contributed by atoms with E-state index in [1.165, 1.54) is 0 Å². The molecule has 0 spiro atoms. The van der Waals surface area contributed by atoms with Crippen LogP contribution in [0.1, 0.15) is 0 Å². The normalized spacial score (nSPS) is 9.30. The van der Waals surface area contributed by atoms with E-state index in [1.807, 2.05) is 18.2 Å². The quantitative estimate of drug-likeness (QED) is 0.469. The molecule has 0 aliphatic carbocycles. The van der Waals surface area contributed by atoms with Gasteiger partial charge in [0.2, 0.25) is 0 Å². The van der Waals surface area contributed by atoms with Gasteiger partial charge >= 0.3 is 0 Å². The number of benzene rings is 1. The maximum absolute atomic E-state index is 5.48. The van der Waals surface area contributed by atoms with Gasteiger partial charge in [-0.25, -0.2) is 0 Å². The van der Waals surface area contributed by atoms with Crippen molar-refractivity contribution in [3.8, 4) is 5.75 Å². The number of hydrogen-bond acceptors (Lipinski definition) is 3. The van der Waals surface area contributed by atoms with Crippen LogP contribution in [-0.4, -0.2) is 7.05 Å². The second-order valence-corrected chi connectivity index (χ2v) is 1.88. The van der Waals surface area contributed by atoms with Crippen LogP contribution in [0.4, 0.5) is 5.69 Å². The molecular formula is C7H10N2O. The molecule has 0 aliphatic rings. The predicted octanol–water partition coefficient (Wildman–Crippen LogP) is 0.782. The van der Waals surface area contributed by atoms with Crippen molar-refractivity contribution in [3.63, 3.8) is 0 Å². The lowest BCUT2D eigenvalue weighted by Crippen LogP contribution is -2.10. The first kappa shape index (κ1) is 6.89. The standard InChI is InChI=1S/C7H10N2O/c1-9-10-7-4-2-3-6(8)5-7/h2-5,9H,8H2,1H3. The van der Waals surface area contributed by atoms with Crippen LogP contribution in [0.3, 0.4) is 0 Å². The number of rotatable bonds is 2. The molecular weight excluding hydrogens is 128 g/mol. The van der Waals surface area contributed by atoms with Crippen LogP contribution < -0.4 is 16.1 Å². The smallest absolute Gasteiger partial charge is 0.149 e. The highest BCUT2D eigenvalue weighted by Crippen LogP contribution is 2.12. The summed E-state index contributed by atoms with van der Waals surface area (Å²) >= 11 is 0. The lowest BCUT2D eigenvalue weighted by molar-refractivity contribution is 0.224. The van der Waals surface area contributed by atoms with Crippen molar-refractivity contribution < 1.29 is 4.84 Å². The summed E-state index contributed by atoms with van der Waals surface area (Å²) in [5.74, 6) is 0.725. The largest absolute Gasteiger partial charge is 0.409 e. The molecule has 3 nitrogen and oxygen atoms in total. The SMILES string of the molecule is CNOc1cccc(N)c1. The van der Waals surface area contributed by atoms with Crippen molar-refractivity contribution in [2.45, 2.75) is 0 Å². The fourth-order valence-electron chi connectivity index (χ4n) is 0.696. The fraction of sp³-hybridized carbons (Fsp3) is 0.143. The van der Waals surface area contributed by atoms with E-state index in [-0.39, 0.29) is 0 Å². The van der Waals surface area contributed by atoms with Crippen molar-refractivity contribution in [1.29, 1.82) is 0 Å². The van der Waals surface area contributed by atoms with Gasteiger partial charge in [-0.2, -0.15) is 5.48 Å². The molecule has 0 saturated heterocycles. The Morgan fingerprint density at radius 3 is 2.90 bits per heavy atom. The first-order valence-corrected chi connectivity index (χ1v) is 3.02. The van der Waals surface area contributed by atoms with Gasteiger partial charge in [-0.1, -0.05) is 6.07 Å². The summed E-state index contributed by atoms with van der Waals surface area (Å²) < 4.78 is 0. The van der Waals surface area contributed by atoms with Crippen LogP contribution in [0.25, 0.3) is 0 Å². The van der Waals surface area contributed by atoms with E-state index in [0.29, 0.717) is 5.69 Å². The Kier molecular flexibility index (Phi) is 2.12. The molecule has 0 radical (unpaired) electrons. The third-order valence-corrected chi connectivity index (χ3v) is 1.08. The highest BCUT2D eigenvalue weighted by molar-refractivity contribution is 5.43. The zero-order valence-electron chi connectivity index (χ0n) is 5.79. The van der Waals surface area contributed by atoms with Gasteiger partial charge < -0.3 is 10.6 Å². The van der Waals surface area contributed by atoms with E-state index >= 15 is 0 Å². The summed E-state index contributed by atoms with van der Waals surface area (Å²) in [6, 6.07) is 7.22. The van der Waals surface area contributed by atoms with Crippen molar-refractivity contribution in [3.05, 3.63) is 24.3 Å². The van der Waals surface area contributed by atoms with E-state index < -0.39 is 0 Å². The van der Waals surface area contributed by atoms with Crippen molar-refractivity contribution in [1.82, 2.24) is 5.48 Å². The maximum Gasteiger partial charge on any atom is 0.149 e. The average molecular weight is 138 g/mol. The molecule has 3 N–H and O–H groups in total. The highest BCUT2D eigenvalue weighted by atomic mass is 16.6. The summed E-state index contributed by atoms with van der Waals surface area (Å²) in [4.78, 5) is 4.96. The number of anilines is 1. The number of nitrogens with two attached hydrogens (primary N) is 1. The van der Waals surface area contributed by atoms with Crippen LogP contribution >= 0.6 is 0 Å². The van der Waals surface area contributed by atoms with Crippen molar-refractivity contribution >= 4 is 5.69 Å². The van der Waals surface area contributed by atoms with Crippen molar-refractivity contribution in [2.75, 3.05) is 12.8 Å². The predicted molar refractivity (Wildman–Crippen MR) is 40.5 cm³/mol. The summed E-state index contributed by atoms with van der Waals surface area (Å²) in [5.41, 5.74) is 8.74.